The summed E-state index contributed by atoms with van der Waals surface area (Å²) >= 11 is 0. The van der Waals surface area contributed by atoms with Gasteiger partial charge < -0.3 is 23.0 Å². The van der Waals surface area contributed by atoms with Gasteiger partial charge in [0.15, 0.2) is 0 Å². The van der Waals surface area contributed by atoms with Crippen molar-refractivity contribution in [3.63, 3.8) is 0 Å². The van der Waals surface area contributed by atoms with Crippen molar-refractivity contribution in [1.82, 2.24) is 0 Å². The van der Waals surface area contributed by atoms with Gasteiger partial charge in [0, 0.05) is 5.57 Å². The normalized spacial score (nSPS) is 7.94. The molecule has 4 heteroatoms. The number of carbonyl (C=O) groups excluding carboxylic acids is 1. The summed E-state index contributed by atoms with van der Waals surface area (Å²) in [6, 6.07) is 0. The maximum absolute atomic E-state index is 9.82. The highest BCUT2D eigenvalue weighted by Crippen LogP contribution is 1.78. The zero-order chi connectivity index (χ0) is 13.6. The van der Waals surface area contributed by atoms with E-state index < -0.39 is 5.91 Å². The molecule has 0 unspecified atom stereocenters. The summed E-state index contributed by atoms with van der Waals surface area (Å²) in [7, 11) is 0. The second kappa shape index (κ2) is 20.8. The van der Waals surface area contributed by atoms with Crippen LogP contribution in [0.4, 0.5) is 0 Å². The highest BCUT2D eigenvalue weighted by molar-refractivity contribution is 5.90. The SMILES string of the molecule is C=C(C)C(N)=O.CCC.CC[NH+](CC)CC.[Cl-]. The van der Waals surface area contributed by atoms with Crippen LogP contribution >= 0.6 is 0 Å². The molecule has 0 bridgehead atoms. The summed E-state index contributed by atoms with van der Waals surface area (Å²) in [5, 5.41) is 0. The molecular formula is C13H31ClN2O. The number of amides is 1. The van der Waals surface area contributed by atoms with Gasteiger partial charge in [0.25, 0.3) is 0 Å². The Balaban J connectivity index is -0.0000000778. The van der Waals surface area contributed by atoms with E-state index in [0.29, 0.717) is 5.57 Å². The minimum absolute atomic E-state index is 0. The quantitative estimate of drug-likeness (QED) is 0.592. The molecule has 0 radical (unpaired) electrons. The topological polar surface area (TPSA) is 47.5 Å². The van der Waals surface area contributed by atoms with Crippen molar-refractivity contribution < 1.29 is 22.1 Å². The van der Waals surface area contributed by atoms with Crippen LogP contribution < -0.4 is 23.0 Å². The van der Waals surface area contributed by atoms with Gasteiger partial charge in [0.05, 0.1) is 19.6 Å². The summed E-state index contributed by atoms with van der Waals surface area (Å²) in [4.78, 5) is 11.5. The van der Waals surface area contributed by atoms with E-state index in [-0.39, 0.29) is 12.4 Å². The van der Waals surface area contributed by atoms with Crippen molar-refractivity contribution in [2.45, 2.75) is 48.0 Å². The molecule has 0 aliphatic heterocycles. The van der Waals surface area contributed by atoms with Gasteiger partial charge in [0.2, 0.25) is 5.91 Å². The molecule has 0 saturated carbocycles. The first-order valence-corrected chi connectivity index (χ1v) is 6.19. The molecular weight excluding hydrogens is 236 g/mol. The number of rotatable bonds is 4. The largest absolute Gasteiger partial charge is 1.00 e. The summed E-state index contributed by atoms with van der Waals surface area (Å²) < 4.78 is 0. The van der Waals surface area contributed by atoms with Gasteiger partial charge in [-0.25, -0.2) is 0 Å². The first kappa shape index (κ1) is 25.3. The van der Waals surface area contributed by atoms with Gasteiger partial charge in [-0.05, 0) is 27.7 Å². The summed E-state index contributed by atoms with van der Waals surface area (Å²) in [6.07, 6.45) is 1.25. The molecule has 0 saturated heterocycles. The third-order valence-electron chi connectivity index (χ3n) is 1.92. The van der Waals surface area contributed by atoms with E-state index in [1.165, 1.54) is 26.1 Å². The van der Waals surface area contributed by atoms with Gasteiger partial charge >= 0.3 is 0 Å². The van der Waals surface area contributed by atoms with Crippen LogP contribution in [0.25, 0.3) is 0 Å². The van der Waals surface area contributed by atoms with Crippen molar-refractivity contribution in [3.8, 4) is 0 Å². The van der Waals surface area contributed by atoms with Crippen LogP contribution in [0.2, 0.25) is 0 Å². The summed E-state index contributed by atoms with van der Waals surface area (Å²) in [5.74, 6) is -0.435. The van der Waals surface area contributed by atoms with E-state index in [1.54, 1.807) is 11.8 Å². The molecule has 0 aromatic heterocycles. The first-order valence-electron chi connectivity index (χ1n) is 6.19. The van der Waals surface area contributed by atoms with Gasteiger partial charge in [0.1, 0.15) is 0 Å². The lowest BCUT2D eigenvalue weighted by Crippen LogP contribution is -3.11. The maximum atomic E-state index is 9.82. The number of nitrogens with one attached hydrogen (secondary N) is 1. The molecule has 0 rings (SSSR count). The first-order chi connectivity index (χ1) is 7.40. The summed E-state index contributed by atoms with van der Waals surface area (Å²) in [6.45, 7) is 19.6. The average Bonchev–Trinajstić information content (AvgIpc) is 2.22. The van der Waals surface area contributed by atoms with E-state index in [0.717, 1.165) is 0 Å². The van der Waals surface area contributed by atoms with Crippen molar-refractivity contribution in [2.75, 3.05) is 19.6 Å². The lowest BCUT2D eigenvalue weighted by atomic mass is 10.3. The van der Waals surface area contributed by atoms with Crippen LogP contribution in [-0.4, -0.2) is 25.5 Å². The molecule has 0 heterocycles. The number of hydrogen-bond donors (Lipinski definition) is 2. The monoisotopic (exact) mass is 266 g/mol. The van der Waals surface area contributed by atoms with E-state index in [2.05, 4.69) is 41.2 Å². The second-order valence-electron chi connectivity index (χ2n) is 3.66. The third kappa shape index (κ3) is 31.3. The molecule has 106 valence electrons. The predicted molar refractivity (Wildman–Crippen MR) is 72.6 cm³/mol. The molecule has 0 atom stereocenters. The Morgan fingerprint density at radius 2 is 1.24 bits per heavy atom. The van der Waals surface area contributed by atoms with Crippen LogP contribution in [0.3, 0.4) is 0 Å². The molecule has 0 aromatic carbocycles. The summed E-state index contributed by atoms with van der Waals surface area (Å²) in [5.41, 5.74) is 5.09. The fourth-order valence-corrected chi connectivity index (χ4v) is 0.750. The molecule has 0 aliphatic rings. The predicted octanol–water partition coefficient (Wildman–Crippen LogP) is -1.60. The zero-order valence-electron chi connectivity index (χ0n) is 12.4. The Morgan fingerprint density at radius 3 is 1.24 bits per heavy atom. The molecule has 0 aromatic rings. The average molecular weight is 267 g/mol. The van der Waals surface area contributed by atoms with Crippen molar-refractivity contribution in [1.29, 1.82) is 0 Å². The van der Waals surface area contributed by atoms with E-state index >= 15 is 0 Å². The highest BCUT2D eigenvalue weighted by Gasteiger charge is 1.92. The fourth-order valence-electron chi connectivity index (χ4n) is 0.750. The number of halogens is 1. The minimum atomic E-state index is -0.435. The van der Waals surface area contributed by atoms with Crippen LogP contribution in [0, 0.1) is 0 Å². The third-order valence-corrected chi connectivity index (χ3v) is 1.92. The number of primary amides is 1. The smallest absolute Gasteiger partial charge is 0.243 e. The lowest BCUT2D eigenvalue weighted by molar-refractivity contribution is -0.894. The minimum Gasteiger partial charge on any atom is -1.00 e. The van der Waals surface area contributed by atoms with Crippen LogP contribution in [0.5, 0.6) is 0 Å². The van der Waals surface area contributed by atoms with Crippen molar-refractivity contribution >= 4 is 5.91 Å². The van der Waals surface area contributed by atoms with E-state index in [9.17, 15) is 4.79 Å². The number of hydrogen-bond acceptors (Lipinski definition) is 1. The molecule has 0 aliphatic carbocycles. The molecule has 3 nitrogen and oxygen atoms in total. The number of carbonyl (C=O) groups is 1. The van der Waals surface area contributed by atoms with Crippen LogP contribution in [0.1, 0.15) is 48.0 Å². The van der Waals surface area contributed by atoms with Gasteiger partial charge in [-0.2, -0.15) is 0 Å². The molecule has 0 fully saturated rings. The van der Waals surface area contributed by atoms with E-state index in [4.69, 9.17) is 5.73 Å². The molecule has 3 N–H and O–H groups in total. The lowest BCUT2D eigenvalue weighted by Gasteiger charge is -2.10. The van der Waals surface area contributed by atoms with Crippen molar-refractivity contribution in [2.24, 2.45) is 5.73 Å². The molecule has 1 amide bonds. The standard InChI is InChI=1S/C6H15N.C4H7NO.C3H8.ClH/c1-4-7(5-2)6-3;1-3(2)4(5)6;1-3-2;/h4-6H2,1-3H3;1H2,2H3,(H2,5,6);3H2,1-2H3;1H. The number of nitrogens with two attached hydrogens (primary N) is 1. The Bertz CT molecular complexity index is 151. The molecule has 17 heavy (non-hydrogen) atoms. The highest BCUT2D eigenvalue weighted by atomic mass is 35.5. The Kier molecular flexibility index (Phi) is 31.0. The zero-order valence-corrected chi connectivity index (χ0v) is 13.2. The van der Waals surface area contributed by atoms with Crippen LogP contribution in [0.15, 0.2) is 12.2 Å². The fraction of sp³-hybridized carbons (Fsp3) is 0.769. The van der Waals surface area contributed by atoms with Gasteiger partial charge in [-0.15, -0.1) is 0 Å². The Hall–Kier alpha value is -0.540. The number of quaternary nitrogens is 1. The van der Waals surface area contributed by atoms with E-state index in [1.807, 2.05) is 0 Å². The van der Waals surface area contributed by atoms with Crippen LogP contribution in [-0.2, 0) is 4.79 Å². The van der Waals surface area contributed by atoms with Gasteiger partial charge in [-0.1, -0.05) is 26.8 Å². The second-order valence-corrected chi connectivity index (χ2v) is 3.66. The Labute approximate surface area is 114 Å². The maximum Gasteiger partial charge on any atom is 0.243 e. The van der Waals surface area contributed by atoms with Crippen molar-refractivity contribution in [3.05, 3.63) is 12.2 Å². The molecule has 0 spiro atoms. The Morgan fingerprint density at radius 1 is 1.06 bits per heavy atom. The van der Waals surface area contributed by atoms with Gasteiger partial charge in [-0.3, -0.25) is 4.79 Å².